The van der Waals surface area contributed by atoms with Crippen LogP contribution >= 0.6 is 0 Å². The molecule has 5 heteroatoms. The second-order valence-corrected chi connectivity index (χ2v) is 3.31. The third-order valence-electron chi connectivity index (χ3n) is 2.11. The molecule has 1 aromatic carbocycles. The molecule has 0 aromatic heterocycles. The minimum absolute atomic E-state index is 0. The van der Waals surface area contributed by atoms with Crippen molar-refractivity contribution in [3.63, 3.8) is 0 Å². The summed E-state index contributed by atoms with van der Waals surface area (Å²) in [5.41, 5.74) is 2.92. The predicted molar refractivity (Wildman–Crippen MR) is 76.5 cm³/mol. The van der Waals surface area contributed by atoms with Crippen LogP contribution in [0.25, 0.3) is 4.85 Å². The maximum Gasteiger partial charge on any atom is 0.00506 e. The Balaban J connectivity index is -0.000000115. The Labute approximate surface area is 143 Å². The van der Waals surface area contributed by atoms with E-state index in [0.717, 1.165) is 16.8 Å². The first-order valence-corrected chi connectivity index (χ1v) is 5.47. The molecule has 0 fully saturated rings. The minimum Gasteiger partial charge on any atom is -0.0767 e. The molecule has 1 aliphatic rings. The summed E-state index contributed by atoms with van der Waals surface area (Å²) in [7, 11) is 0. The first-order valence-electron chi connectivity index (χ1n) is 5.47. The molecule has 0 atom stereocenters. The van der Waals surface area contributed by atoms with Crippen LogP contribution in [0.5, 0.6) is 0 Å². The van der Waals surface area contributed by atoms with Crippen molar-refractivity contribution >= 4 is 5.69 Å². The number of hydrogen-bond acceptors (Lipinski definition) is 0. The Morgan fingerprint density at radius 3 is 1.32 bits per heavy atom. The van der Waals surface area contributed by atoms with Crippen LogP contribution in [0.2, 0.25) is 0 Å². The van der Waals surface area contributed by atoms with E-state index in [9.17, 15) is 0 Å². The molecule has 1 aliphatic carbocycles. The first kappa shape index (κ1) is 28.2. The monoisotopic (exact) mass is 331 g/mol. The molecular weight excluding hydrogens is 317 g/mol. The van der Waals surface area contributed by atoms with Crippen molar-refractivity contribution in [1.29, 1.82) is 0 Å². The largest absolute Gasteiger partial charge is 0.0767 e. The molecule has 4 nitrogen and oxygen atoms in total. The van der Waals surface area contributed by atoms with E-state index in [1.165, 1.54) is 0 Å². The number of para-hydroxylation sites is 1. The summed E-state index contributed by atoms with van der Waals surface area (Å²) in [5, 5.41) is 0. The first-order chi connectivity index (χ1) is 10.3. The quantitative estimate of drug-likeness (QED) is 0.508. The van der Waals surface area contributed by atoms with Gasteiger partial charge in [-0.05, 0) is 25.0 Å². The summed E-state index contributed by atoms with van der Waals surface area (Å²) < 4.78 is 22.5. The van der Waals surface area contributed by atoms with Crippen molar-refractivity contribution in [2.45, 2.75) is 13.8 Å². The summed E-state index contributed by atoms with van der Waals surface area (Å²) in [5.74, 6) is 0. The van der Waals surface area contributed by atoms with Gasteiger partial charge in [0.1, 0.15) is 0 Å². The average Bonchev–Trinajstić information content (AvgIpc) is 3.13. The van der Waals surface area contributed by atoms with E-state index in [-0.39, 0.29) is 18.6 Å². The Kier molecular flexibility index (Phi) is 30.8. The number of benzene rings is 1. The number of rotatable bonds is 0. The van der Waals surface area contributed by atoms with E-state index in [2.05, 4.69) is 24.8 Å². The van der Waals surface area contributed by atoms with Gasteiger partial charge in [0, 0.05) is 25.0 Å². The van der Waals surface area contributed by atoms with E-state index < -0.39 is 0 Å². The van der Waals surface area contributed by atoms with Crippen LogP contribution in [0, 0.1) is 46.8 Å². The van der Waals surface area contributed by atoms with Gasteiger partial charge in [0.15, 0.2) is 5.69 Å². The van der Waals surface area contributed by atoms with Crippen molar-refractivity contribution in [1.82, 2.24) is 0 Å². The summed E-state index contributed by atoms with van der Waals surface area (Å²) in [4.78, 5) is 3.42. The molecule has 1 aromatic rings. The van der Waals surface area contributed by atoms with Crippen molar-refractivity contribution < 1.29 is 32.5 Å². The smallest absolute Gasteiger partial charge is 0.00506 e. The predicted octanol–water partition coefficient (Wildman–Crippen LogP) is 4.06. The number of allylic oxidation sites excluding steroid dienone is 4. The standard InChI is InChI=1S/C9H9N.C5H5.3CO.V/c1-7-5-4-6-8(2)9(7)10-3;1-2-4-5-3-1;3*1-2;/h4-6H,1-2H3;1-5H;;;;. The summed E-state index contributed by atoms with van der Waals surface area (Å²) in [6, 6.07) is 5.89. The zero-order valence-corrected chi connectivity index (χ0v) is 13.6. The zero-order valence-electron chi connectivity index (χ0n) is 12.2. The maximum absolute atomic E-state index is 7.50. The van der Waals surface area contributed by atoms with Crippen LogP contribution in [0.15, 0.2) is 42.5 Å². The summed E-state index contributed by atoms with van der Waals surface area (Å²) in [6.07, 6.45) is 10.0. The number of aryl methyl sites for hydroxylation is 2. The SMILES string of the molecule is [C-]#[N+]c1c(C)cccc1C.[C-]#[O+].[C-]#[O+].[C-]#[O+].[CH]1C=CC=C1.[V]. The molecule has 2 radical (unpaired) electrons. The van der Waals surface area contributed by atoms with Gasteiger partial charge < -0.3 is 0 Å². The van der Waals surface area contributed by atoms with Gasteiger partial charge in [-0.1, -0.05) is 42.5 Å². The molecule has 0 amide bonds. The van der Waals surface area contributed by atoms with Gasteiger partial charge in [-0.2, -0.15) is 0 Å². The second kappa shape index (κ2) is 24.0. The van der Waals surface area contributed by atoms with Gasteiger partial charge >= 0.3 is 33.9 Å². The molecule has 2 rings (SSSR count). The number of hydrogen-bond donors (Lipinski definition) is 0. The molecule has 0 heterocycles. The van der Waals surface area contributed by atoms with Crippen molar-refractivity contribution in [2.24, 2.45) is 0 Å². The third-order valence-corrected chi connectivity index (χ3v) is 2.11. The van der Waals surface area contributed by atoms with E-state index in [0.29, 0.717) is 0 Å². The van der Waals surface area contributed by atoms with Gasteiger partial charge in [-0.3, -0.25) is 0 Å². The van der Waals surface area contributed by atoms with Gasteiger partial charge in [0.25, 0.3) is 0 Å². The molecule has 22 heavy (non-hydrogen) atoms. The van der Waals surface area contributed by atoms with Gasteiger partial charge in [-0.15, -0.1) is 0 Å². The Morgan fingerprint density at radius 1 is 0.773 bits per heavy atom. The topological polar surface area (TPSA) is 64.1 Å². The van der Waals surface area contributed by atoms with Gasteiger partial charge in [0.2, 0.25) is 0 Å². The molecule has 0 saturated heterocycles. The Morgan fingerprint density at radius 2 is 1.14 bits per heavy atom. The van der Waals surface area contributed by atoms with Crippen LogP contribution < -0.4 is 0 Å². The zero-order chi connectivity index (χ0) is 17.1. The maximum atomic E-state index is 7.50. The molecule has 0 spiro atoms. The Hall–Kier alpha value is -2.01. The number of nitrogens with zero attached hydrogens (tertiary/aromatic N) is 1. The fourth-order valence-electron chi connectivity index (χ4n) is 1.30. The molecule has 0 N–H and O–H groups in total. The summed E-state index contributed by atoms with van der Waals surface area (Å²) in [6.45, 7) is 24.3. The van der Waals surface area contributed by atoms with E-state index in [1.54, 1.807) is 0 Å². The van der Waals surface area contributed by atoms with Crippen LogP contribution in [0.1, 0.15) is 11.1 Å². The fraction of sp³-hybridized carbons (Fsp3) is 0.118. The average molecular weight is 331 g/mol. The van der Waals surface area contributed by atoms with Crippen LogP contribution in [-0.2, 0) is 32.5 Å². The molecular formula is C17H14NO3V. The molecule has 0 unspecified atom stereocenters. The minimum atomic E-state index is 0. The van der Waals surface area contributed by atoms with Crippen LogP contribution in [0.3, 0.4) is 0 Å². The van der Waals surface area contributed by atoms with Crippen LogP contribution in [0.4, 0.5) is 5.69 Å². The third kappa shape index (κ3) is 14.4. The second-order valence-electron chi connectivity index (χ2n) is 3.31. The van der Waals surface area contributed by atoms with Crippen molar-refractivity contribution in [2.75, 3.05) is 0 Å². The normalized spacial score (nSPS) is 8.32. The molecule has 0 saturated carbocycles. The summed E-state index contributed by atoms with van der Waals surface area (Å²) >= 11 is 0. The van der Waals surface area contributed by atoms with E-state index in [4.69, 9.17) is 20.5 Å². The van der Waals surface area contributed by atoms with Gasteiger partial charge in [0.05, 0.1) is 6.57 Å². The molecule has 0 bridgehead atoms. The van der Waals surface area contributed by atoms with Gasteiger partial charge in [-0.25, -0.2) is 4.85 Å². The van der Waals surface area contributed by atoms with Crippen molar-refractivity contribution in [3.05, 3.63) is 91.4 Å². The molecule has 0 aliphatic heterocycles. The Bertz CT molecular complexity index is 505. The van der Waals surface area contributed by atoms with E-state index in [1.807, 2.05) is 62.8 Å². The molecule has 110 valence electrons. The van der Waals surface area contributed by atoms with Crippen LogP contribution in [-0.4, -0.2) is 0 Å². The fourth-order valence-corrected chi connectivity index (χ4v) is 1.30. The van der Waals surface area contributed by atoms with E-state index >= 15 is 0 Å². The van der Waals surface area contributed by atoms with Crippen molar-refractivity contribution in [3.8, 4) is 0 Å².